The van der Waals surface area contributed by atoms with Crippen molar-refractivity contribution < 1.29 is 19.1 Å². The van der Waals surface area contributed by atoms with Gasteiger partial charge in [0.05, 0.1) is 6.54 Å². The lowest BCUT2D eigenvalue weighted by atomic mass is 9.89. The van der Waals surface area contributed by atoms with Crippen molar-refractivity contribution in [2.75, 3.05) is 39.3 Å². The van der Waals surface area contributed by atoms with Crippen molar-refractivity contribution in [3.05, 3.63) is 12.7 Å². The first-order chi connectivity index (χ1) is 12.1. The fraction of sp³-hybridized carbons (Fsp3) is 0.737. The molecule has 2 heterocycles. The zero-order chi connectivity index (χ0) is 19.5. The Morgan fingerprint density at radius 3 is 2.35 bits per heavy atom. The van der Waals surface area contributed by atoms with Crippen molar-refractivity contribution in [2.24, 2.45) is 11.8 Å². The largest absolute Gasteiger partial charge is 0.444 e. The summed E-state index contributed by atoms with van der Waals surface area (Å²) < 4.78 is 5.46. The molecule has 7 nitrogen and oxygen atoms in total. The van der Waals surface area contributed by atoms with Crippen molar-refractivity contribution >= 4 is 17.9 Å². The minimum Gasteiger partial charge on any atom is -0.444 e. The number of hydrogen-bond acceptors (Lipinski definition) is 4. The van der Waals surface area contributed by atoms with Gasteiger partial charge in [-0.25, -0.2) is 4.79 Å². The highest BCUT2D eigenvalue weighted by Gasteiger charge is 2.41. The maximum Gasteiger partial charge on any atom is 0.410 e. The second kappa shape index (κ2) is 8.10. The van der Waals surface area contributed by atoms with Gasteiger partial charge in [-0.3, -0.25) is 9.59 Å². The summed E-state index contributed by atoms with van der Waals surface area (Å²) in [5.41, 5.74) is -0.507. The summed E-state index contributed by atoms with van der Waals surface area (Å²) in [6.45, 7) is 14.1. The average molecular weight is 365 g/mol. The predicted octanol–water partition coefficient (Wildman–Crippen LogP) is 1.74. The second-order valence-electron chi connectivity index (χ2n) is 8.09. The van der Waals surface area contributed by atoms with Crippen LogP contribution in [0.25, 0.3) is 0 Å². The fourth-order valence-corrected chi connectivity index (χ4v) is 3.60. The van der Waals surface area contributed by atoms with E-state index in [-0.39, 0.29) is 30.4 Å². The van der Waals surface area contributed by atoms with E-state index in [0.29, 0.717) is 38.6 Å². The van der Waals surface area contributed by atoms with Crippen LogP contribution in [0, 0.1) is 11.8 Å². The van der Waals surface area contributed by atoms with E-state index >= 15 is 0 Å². The van der Waals surface area contributed by atoms with Gasteiger partial charge in [-0.15, -0.1) is 0 Å². The van der Waals surface area contributed by atoms with Crippen LogP contribution in [0.5, 0.6) is 0 Å². The Morgan fingerprint density at radius 1 is 1.15 bits per heavy atom. The summed E-state index contributed by atoms with van der Waals surface area (Å²) in [6, 6.07) is 0. The molecule has 2 aliphatic rings. The summed E-state index contributed by atoms with van der Waals surface area (Å²) in [7, 11) is 0. The molecule has 2 atom stereocenters. The van der Waals surface area contributed by atoms with E-state index in [2.05, 4.69) is 6.58 Å². The minimum atomic E-state index is -0.507. The molecule has 2 fully saturated rings. The molecule has 2 rings (SSSR count). The van der Waals surface area contributed by atoms with E-state index in [4.69, 9.17) is 4.74 Å². The van der Waals surface area contributed by atoms with E-state index in [1.807, 2.05) is 32.6 Å². The molecule has 0 aromatic rings. The number of hydrogen-bond donors (Lipinski definition) is 0. The number of likely N-dealkylation sites (tertiary alicyclic amines) is 2. The van der Waals surface area contributed by atoms with Crippen molar-refractivity contribution in [3.63, 3.8) is 0 Å². The standard InChI is InChI=1S/C19H31N3O4/c1-6-16(23)20(7-2)13-17(24)22-10-14-8-9-21(11-15(14)12-22)18(25)26-19(3,4)5/h6,14-15H,1,7-13H2,2-5H3/t14-,15+/m0/s1. The number of ether oxygens (including phenoxy) is 1. The molecular formula is C19H31N3O4. The number of likely N-dealkylation sites (N-methyl/N-ethyl adjacent to an activating group) is 1. The van der Waals surface area contributed by atoms with Gasteiger partial charge in [0, 0.05) is 32.7 Å². The topological polar surface area (TPSA) is 70.2 Å². The molecule has 0 aliphatic carbocycles. The van der Waals surface area contributed by atoms with Gasteiger partial charge in [0.25, 0.3) is 0 Å². The Kier molecular flexibility index (Phi) is 6.31. The number of carbonyl (C=O) groups excluding carboxylic acids is 3. The van der Waals surface area contributed by atoms with Crippen LogP contribution in [0.1, 0.15) is 34.1 Å². The number of fused-ring (bicyclic) bond motifs is 1. The van der Waals surface area contributed by atoms with Crippen molar-refractivity contribution in [3.8, 4) is 0 Å². The number of rotatable bonds is 4. The monoisotopic (exact) mass is 365 g/mol. The van der Waals surface area contributed by atoms with Gasteiger partial charge in [-0.05, 0) is 52.0 Å². The van der Waals surface area contributed by atoms with Gasteiger partial charge < -0.3 is 19.4 Å². The summed E-state index contributed by atoms with van der Waals surface area (Å²) in [5.74, 6) is 0.405. The predicted molar refractivity (Wildman–Crippen MR) is 98.4 cm³/mol. The minimum absolute atomic E-state index is 0.0414. The van der Waals surface area contributed by atoms with Crippen molar-refractivity contribution in [2.45, 2.75) is 39.7 Å². The van der Waals surface area contributed by atoms with Gasteiger partial charge in [-0.2, -0.15) is 0 Å². The van der Waals surface area contributed by atoms with Crippen LogP contribution in [-0.4, -0.2) is 77.5 Å². The summed E-state index contributed by atoms with van der Waals surface area (Å²) >= 11 is 0. The molecule has 146 valence electrons. The van der Waals surface area contributed by atoms with Crippen LogP contribution in [0.4, 0.5) is 4.79 Å². The van der Waals surface area contributed by atoms with Gasteiger partial charge >= 0.3 is 6.09 Å². The first kappa shape index (κ1) is 20.3. The number of amides is 3. The molecular weight excluding hydrogens is 334 g/mol. The quantitative estimate of drug-likeness (QED) is 0.712. The maximum absolute atomic E-state index is 12.6. The normalized spacial score (nSPS) is 22.6. The number of piperidine rings is 1. The molecule has 7 heteroatoms. The molecule has 0 aromatic heterocycles. The van der Waals surface area contributed by atoms with E-state index in [0.717, 1.165) is 6.42 Å². The van der Waals surface area contributed by atoms with Gasteiger partial charge in [0.1, 0.15) is 5.60 Å². The van der Waals surface area contributed by atoms with Crippen LogP contribution >= 0.6 is 0 Å². The van der Waals surface area contributed by atoms with Crippen LogP contribution in [0.15, 0.2) is 12.7 Å². The average Bonchev–Trinajstić information content (AvgIpc) is 3.00. The van der Waals surface area contributed by atoms with Crippen LogP contribution < -0.4 is 0 Å². The molecule has 26 heavy (non-hydrogen) atoms. The van der Waals surface area contributed by atoms with Gasteiger partial charge in [0.2, 0.25) is 11.8 Å². The molecule has 0 aromatic carbocycles. The van der Waals surface area contributed by atoms with E-state index in [1.165, 1.54) is 11.0 Å². The molecule has 0 radical (unpaired) electrons. The third kappa shape index (κ3) is 4.99. The van der Waals surface area contributed by atoms with Crippen LogP contribution in [0.2, 0.25) is 0 Å². The van der Waals surface area contributed by atoms with Crippen molar-refractivity contribution in [1.82, 2.24) is 14.7 Å². The molecule has 2 aliphatic heterocycles. The van der Waals surface area contributed by atoms with Gasteiger partial charge in [0.15, 0.2) is 0 Å². The fourth-order valence-electron chi connectivity index (χ4n) is 3.60. The second-order valence-corrected chi connectivity index (χ2v) is 8.09. The highest BCUT2D eigenvalue weighted by atomic mass is 16.6. The highest BCUT2D eigenvalue weighted by molar-refractivity contribution is 5.91. The Hall–Kier alpha value is -2.05. The number of nitrogens with zero attached hydrogens (tertiary/aromatic N) is 3. The lowest BCUT2D eigenvalue weighted by Gasteiger charge is -2.35. The van der Waals surface area contributed by atoms with E-state index in [9.17, 15) is 14.4 Å². The Morgan fingerprint density at radius 2 is 1.77 bits per heavy atom. The zero-order valence-electron chi connectivity index (χ0n) is 16.4. The molecule has 0 saturated carbocycles. The van der Waals surface area contributed by atoms with Crippen LogP contribution in [-0.2, 0) is 14.3 Å². The summed E-state index contributed by atoms with van der Waals surface area (Å²) in [4.78, 5) is 41.7. The smallest absolute Gasteiger partial charge is 0.410 e. The Balaban J connectivity index is 1.91. The Bertz CT molecular complexity index is 570. The SMILES string of the molecule is C=CC(=O)N(CC)CC(=O)N1C[C@@H]2CCN(C(=O)OC(C)(C)C)C[C@@H]2C1. The highest BCUT2D eigenvalue weighted by Crippen LogP contribution is 2.32. The van der Waals surface area contributed by atoms with E-state index < -0.39 is 5.60 Å². The Labute approximate surface area is 155 Å². The summed E-state index contributed by atoms with van der Waals surface area (Å²) in [6.07, 6.45) is 1.82. The molecule has 0 bridgehead atoms. The third-order valence-electron chi connectivity index (χ3n) is 5.00. The van der Waals surface area contributed by atoms with Gasteiger partial charge in [-0.1, -0.05) is 6.58 Å². The van der Waals surface area contributed by atoms with Crippen molar-refractivity contribution in [1.29, 1.82) is 0 Å². The molecule has 2 saturated heterocycles. The molecule has 0 unspecified atom stereocenters. The van der Waals surface area contributed by atoms with Crippen LogP contribution in [0.3, 0.4) is 0 Å². The number of carbonyl (C=O) groups is 3. The molecule has 3 amide bonds. The van der Waals surface area contributed by atoms with E-state index in [1.54, 1.807) is 4.90 Å². The first-order valence-corrected chi connectivity index (χ1v) is 9.31. The first-order valence-electron chi connectivity index (χ1n) is 9.31. The molecule has 0 spiro atoms. The lowest BCUT2D eigenvalue weighted by Crippen LogP contribution is -2.45. The third-order valence-corrected chi connectivity index (χ3v) is 5.00. The molecule has 0 N–H and O–H groups in total. The maximum atomic E-state index is 12.6. The lowest BCUT2D eigenvalue weighted by molar-refractivity contribution is -0.137. The summed E-state index contributed by atoms with van der Waals surface area (Å²) in [5, 5.41) is 0. The zero-order valence-corrected chi connectivity index (χ0v) is 16.4.